The van der Waals surface area contributed by atoms with Crippen molar-refractivity contribution in [2.45, 2.75) is 31.9 Å². The number of benzene rings is 2. The highest BCUT2D eigenvalue weighted by Crippen LogP contribution is 2.34. The standard InChI is InChI=1S/C28H31F3N4O/c29-28(30,31)22-10-11-25-24(18-22)26(12-13-32-25)33-19-20-6-8-21(9-7-20)27(36)35-16-14-34(15-17-35)23-4-2-1-3-5-23/h1-5,10-13,18,20-21H,6-9,14-17,19H2,(H,32,33). The van der Waals surface area contributed by atoms with Crippen LogP contribution in [0.1, 0.15) is 31.2 Å². The monoisotopic (exact) mass is 496 g/mol. The predicted molar refractivity (Wildman–Crippen MR) is 136 cm³/mol. The number of rotatable bonds is 5. The number of carbonyl (C=O) groups is 1. The van der Waals surface area contributed by atoms with Crippen molar-refractivity contribution in [1.29, 1.82) is 0 Å². The van der Waals surface area contributed by atoms with E-state index < -0.39 is 11.7 Å². The zero-order valence-corrected chi connectivity index (χ0v) is 20.2. The molecule has 1 saturated carbocycles. The lowest BCUT2D eigenvalue weighted by atomic mass is 9.81. The maximum Gasteiger partial charge on any atom is 0.416 e. The first-order valence-electron chi connectivity index (χ1n) is 12.7. The van der Waals surface area contributed by atoms with Crippen molar-refractivity contribution in [2.75, 3.05) is 42.9 Å². The van der Waals surface area contributed by atoms with Gasteiger partial charge in [0.25, 0.3) is 0 Å². The van der Waals surface area contributed by atoms with Crippen molar-refractivity contribution in [1.82, 2.24) is 9.88 Å². The Morgan fingerprint density at radius 2 is 1.67 bits per heavy atom. The van der Waals surface area contributed by atoms with Crippen LogP contribution in [0.2, 0.25) is 0 Å². The summed E-state index contributed by atoms with van der Waals surface area (Å²) in [5.41, 5.74) is 1.74. The Morgan fingerprint density at radius 1 is 0.944 bits per heavy atom. The van der Waals surface area contributed by atoms with E-state index in [1.54, 1.807) is 12.3 Å². The van der Waals surface area contributed by atoms with Crippen molar-refractivity contribution >= 4 is 28.2 Å². The van der Waals surface area contributed by atoms with Crippen LogP contribution in [0.25, 0.3) is 10.9 Å². The number of para-hydroxylation sites is 1. The summed E-state index contributed by atoms with van der Waals surface area (Å²) in [6.07, 6.45) is 0.818. The molecule has 0 bridgehead atoms. The number of amides is 1. The molecule has 1 amide bonds. The van der Waals surface area contributed by atoms with Gasteiger partial charge in [0.2, 0.25) is 5.91 Å². The molecule has 190 valence electrons. The average Bonchev–Trinajstić information content (AvgIpc) is 2.91. The first-order chi connectivity index (χ1) is 17.4. The number of halogens is 3. The van der Waals surface area contributed by atoms with Crippen LogP contribution in [-0.2, 0) is 11.0 Å². The van der Waals surface area contributed by atoms with Gasteiger partial charge in [0.05, 0.1) is 11.1 Å². The number of nitrogens with one attached hydrogen (secondary N) is 1. The maximum atomic E-state index is 13.2. The van der Waals surface area contributed by atoms with Crippen LogP contribution in [0.15, 0.2) is 60.8 Å². The number of anilines is 2. The lowest BCUT2D eigenvalue weighted by Gasteiger charge is -2.39. The van der Waals surface area contributed by atoms with Crippen molar-refractivity contribution in [3.05, 3.63) is 66.4 Å². The molecule has 0 radical (unpaired) electrons. The molecule has 36 heavy (non-hydrogen) atoms. The van der Waals surface area contributed by atoms with Gasteiger partial charge in [-0.05, 0) is 68.0 Å². The van der Waals surface area contributed by atoms with E-state index in [1.165, 1.54) is 11.8 Å². The molecule has 1 N–H and O–H groups in total. The number of nitrogens with zero attached hydrogens (tertiary/aromatic N) is 3. The highest BCUT2D eigenvalue weighted by atomic mass is 19.4. The largest absolute Gasteiger partial charge is 0.416 e. The third-order valence-corrected chi connectivity index (χ3v) is 7.56. The molecule has 0 atom stereocenters. The Bertz CT molecular complexity index is 1180. The number of fused-ring (bicyclic) bond motifs is 1. The summed E-state index contributed by atoms with van der Waals surface area (Å²) in [4.78, 5) is 21.7. The number of alkyl halides is 3. The average molecular weight is 497 g/mol. The summed E-state index contributed by atoms with van der Waals surface area (Å²) in [6, 6.07) is 15.7. The van der Waals surface area contributed by atoms with Crippen LogP contribution < -0.4 is 10.2 Å². The molecule has 1 aliphatic carbocycles. The number of piperazine rings is 1. The SMILES string of the molecule is O=C(C1CCC(CNc2ccnc3ccc(C(F)(F)F)cc23)CC1)N1CCN(c2ccccc2)CC1. The summed E-state index contributed by atoms with van der Waals surface area (Å²) in [6.45, 7) is 3.89. The van der Waals surface area contributed by atoms with Gasteiger partial charge in [0.15, 0.2) is 0 Å². The first kappa shape index (κ1) is 24.4. The summed E-state index contributed by atoms with van der Waals surface area (Å²) >= 11 is 0. The van der Waals surface area contributed by atoms with E-state index >= 15 is 0 Å². The molecule has 8 heteroatoms. The summed E-state index contributed by atoms with van der Waals surface area (Å²) in [7, 11) is 0. The quantitative estimate of drug-likeness (QED) is 0.484. The van der Waals surface area contributed by atoms with Crippen molar-refractivity contribution in [3.8, 4) is 0 Å². The van der Waals surface area contributed by atoms with Crippen LogP contribution in [0.3, 0.4) is 0 Å². The van der Waals surface area contributed by atoms with Crippen LogP contribution in [-0.4, -0.2) is 48.5 Å². The number of carbonyl (C=O) groups excluding carboxylic acids is 1. The summed E-state index contributed by atoms with van der Waals surface area (Å²) in [5.74, 6) is 0.729. The zero-order valence-electron chi connectivity index (χ0n) is 20.2. The molecule has 1 saturated heterocycles. The fourth-order valence-corrected chi connectivity index (χ4v) is 5.43. The van der Waals surface area contributed by atoms with Crippen molar-refractivity contribution in [3.63, 3.8) is 0 Å². The normalized spacial score (nSPS) is 21.0. The topological polar surface area (TPSA) is 48.5 Å². The lowest BCUT2D eigenvalue weighted by Crippen LogP contribution is -2.50. The van der Waals surface area contributed by atoms with Gasteiger partial charge in [-0.2, -0.15) is 13.2 Å². The van der Waals surface area contributed by atoms with Crippen molar-refractivity contribution in [2.24, 2.45) is 11.8 Å². The molecule has 1 aromatic heterocycles. The smallest absolute Gasteiger partial charge is 0.384 e. The van der Waals surface area contributed by atoms with Gasteiger partial charge in [-0.1, -0.05) is 18.2 Å². The van der Waals surface area contributed by atoms with Gasteiger partial charge in [0, 0.05) is 61.6 Å². The number of hydrogen-bond donors (Lipinski definition) is 1. The second kappa shape index (κ2) is 10.4. The van der Waals surface area contributed by atoms with E-state index in [0.29, 0.717) is 29.1 Å². The van der Waals surface area contributed by atoms with Crippen LogP contribution in [0.5, 0.6) is 0 Å². The first-order valence-corrected chi connectivity index (χ1v) is 12.7. The molecule has 2 aliphatic rings. The number of aromatic nitrogens is 1. The maximum absolute atomic E-state index is 13.2. The molecule has 5 nitrogen and oxygen atoms in total. The predicted octanol–water partition coefficient (Wildman–Crippen LogP) is 5.82. The van der Waals surface area contributed by atoms with Gasteiger partial charge >= 0.3 is 6.18 Å². The third kappa shape index (κ3) is 5.42. The molecule has 0 unspecified atom stereocenters. The van der Waals surface area contributed by atoms with Gasteiger partial charge in [0.1, 0.15) is 0 Å². The van der Waals surface area contributed by atoms with E-state index in [9.17, 15) is 18.0 Å². The summed E-state index contributed by atoms with van der Waals surface area (Å²) < 4.78 is 39.6. The fourth-order valence-electron chi connectivity index (χ4n) is 5.43. The highest BCUT2D eigenvalue weighted by Gasteiger charge is 2.32. The molecule has 5 rings (SSSR count). The van der Waals surface area contributed by atoms with Gasteiger partial charge in [-0.3, -0.25) is 9.78 Å². The second-order valence-electron chi connectivity index (χ2n) is 9.83. The zero-order chi connectivity index (χ0) is 25.1. The third-order valence-electron chi connectivity index (χ3n) is 7.56. The molecular weight excluding hydrogens is 465 g/mol. The van der Waals surface area contributed by atoms with Crippen LogP contribution in [0, 0.1) is 11.8 Å². The fraction of sp³-hybridized carbons (Fsp3) is 0.429. The van der Waals surface area contributed by atoms with Crippen molar-refractivity contribution < 1.29 is 18.0 Å². The molecule has 2 fully saturated rings. The Kier molecular flexibility index (Phi) is 7.03. The molecular formula is C28H31F3N4O. The lowest BCUT2D eigenvalue weighted by molar-refractivity contribution is -0.138. The molecule has 3 aromatic rings. The Morgan fingerprint density at radius 3 is 2.36 bits per heavy atom. The molecule has 2 aromatic carbocycles. The minimum absolute atomic E-state index is 0.0700. The molecule has 2 heterocycles. The minimum atomic E-state index is -4.39. The summed E-state index contributed by atoms with van der Waals surface area (Å²) in [5, 5.41) is 3.83. The molecule has 0 spiro atoms. The highest BCUT2D eigenvalue weighted by molar-refractivity contribution is 5.91. The van der Waals surface area contributed by atoms with Crippen LogP contribution >= 0.6 is 0 Å². The van der Waals surface area contributed by atoms with E-state index in [4.69, 9.17) is 0 Å². The van der Waals surface area contributed by atoms with E-state index in [1.807, 2.05) is 23.1 Å². The van der Waals surface area contributed by atoms with E-state index in [-0.39, 0.29) is 11.8 Å². The number of hydrogen-bond acceptors (Lipinski definition) is 4. The van der Waals surface area contributed by atoms with E-state index in [0.717, 1.165) is 64.0 Å². The van der Waals surface area contributed by atoms with Gasteiger partial charge in [-0.15, -0.1) is 0 Å². The minimum Gasteiger partial charge on any atom is -0.384 e. The van der Waals surface area contributed by atoms with Gasteiger partial charge in [-0.25, -0.2) is 0 Å². The second-order valence-corrected chi connectivity index (χ2v) is 9.83. The Hall–Kier alpha value is -3.29. The molecule has 1 aliphatic heterocycles. The van der Waals surface area contributed by atoms with Gasteiger partial charge < -0.3 is 15.1 Å². The Balaban J connectivity index is 1.12. The van der Waals surface area contributed by atoms with Crippen LogP contribution in [0.4, 0.5) is 24.5 Å². The number of pyridine rings is 1. The Labute approximate surface area is 209 Å². The van der Waals surface area contributed by atoms with E-state index in [2.05, 4.69) is 27.3 Å².